The summed E-state index contributed by atoms with van der Waals surface area (Å²) in [5.74, 6) is 0.279. The van der Waals surface area contributed by atoms with Crippen molar-refractivity contribution >= 4 is 23.4 Å². The van der Waals surface area contributed by atoms with Gasteiger partial charge in [0.05, 0.1) is 0 Å². The van der Waals surface area contributed by atoms with Crippen molar-refractivity contribution < 1.29 is 14.3 Å². The van der Waals surface area contributed by atoms with Gasteiger partial charge in [-0.1, -0.05) is 85.1 Å². The first-order chi connectivity index (χ1) is 17.5. The second kappa shape index (κ2) is 12.6. The van der Waals surface area contributed by atoms with E-state index >= 15 is 0 Å². The molecule has 5 nitrogen and oxygen atoms in total. The van der Waals surface area contributed by atoms with Crippen LogP contribution in [0.1, 0.15) is 42.4 Å². The van der Waals surface area contributed by atoms with Gasteiger partial charge in [-0.15, -0.1) is 0 Å². The number of nitrogens with zero attached hydrogens (tertiary/aromatic N) is 1. The molecule has 6 heteroatoms. The molecule has 0 aromatic heterocycles. The van der Waals surface area contributed by atoms with Gasteiger partial charge in [0.2, 0.25) is 5.91 Å². The number of ether oxygens (including phenoxy) is 1. The number of hydrogen-bond donors (Lipinski definition) is 1. The van der Waals surface area contributed by atoms with Crippen LogP contribution in [0.2, 0.25) is 5.02 Å². The van der Waals surface area contributed by atoms with Gasteiger partial charge in [-0.25, -0.2) is 0 Å². The van der Waals surface area contributed by atoms with Gasteiger partial charge in [0.15, 0.2) is 6.61 Å². The largest absolute Gasteiger partial charge is 0.484 e. The van der Waals surface area contributed by atoms with Crippen molar-refractivity contribution in [3.63, 3.8) is 0 Å². The molecule has 1 aliphatic carbocycles. The number of carbonyl (C=O) groups is 2. The molecule has 188 valence electrons. The summed E-state index contributed by atoms with van der Waals surface area (Å²) < 4.78 is 5.91. The van der Waals surface area contributed by atoms with E-state index in [1.807, 2.05) is 79.7 Å². The van der Waals surface area contributed by atoms with Gasteiger partial charge in [-0.2, -0.15) is 0 Å². The molecule has 36 heavy (non-hydrogen) atoms. The molecule has 1 aliphatic rings. The normalized spacial score (nSPS) is 14.3. The summed E-state index contributed by atoms with van der Waals surface area (Å²) in [5.41, 5.74) is 2.80. The number of halogens is 1. The monoisotopic (exact) mass is 504 g/mol. The van der Waals surface area contributed by atoms with Crippen molar-refractivity contribution in [2.24, 2.45) is 0 Å². The van der Waals surface area contributed by atoms with Crippen LogP contribution in [0, 0.1) is 6.92 Å². The van der Waals surface area contributed by atoms with Gasteiger partial charge in [0, 0.05) is 24.0 Å². The van der Waals surface area contributed by atoms with E-state index in [0.29, 0.717) is 17.2 Å². The fourth-order valence-corrected chi connectivity index (χ4v) is 4.91. The van der Waals surface area contributed by atoms with Crippen molar-refractivity contribution in [2.45, 2.75) is 57.7 Å². The van der Waals surface area contributed by atoms with E-state index < -0.39 is 6.04 Å². The Morgan fingerprint density at radius 3 is 2.39 bits per heavy atom. The van der Waals surface area contributed by atoms with Crippen molar-refractivity contribution in [3.8, 4) is 5.75 Å². The molecule has 1 N–H and O–H groups in total. The van der Waals surface area contributed by atoms with Crippen LogP contribution < -0.4 is 10.1 Å². The minimum atomic E-state index is -0.681. The third-order valence-electron chi connectivity index (χ3n) is 6.66. The van der Waals surface area contributed by atoms with Crippen LogP contribution in [0.15, 0.2) is 78.9 Å². The molecule has 4 rings (SSSR count). The van der Waals surface area contributed by atoms with E-state index in [9.17, 15) is 9.59 Å². The first kappa shape index (κ1) is 25.8. The summed E-state index contributed by atoms with van der Waals surface area (Å²) in [6.45, 7) is 2.04. The smallest absolute Gasteiger partial charge is 0.261 e. The average molecular weight is 505 g/mol. The zero-order valence-corrected chi connectivity index (χ0v) is 21.4. The lowest BCUT2D eigenvalue weighted by Gasteiger charge is -2.32. The molecular formula is C30H33ClN2O3. The maximum atomic E-state index is 13.7. The molecule has 0 saturated heterocycles. The zero-order chi connectivity index (χ0) is 25.3. The number of para-hydroxylation sites is 1. The first-order valence-corrected chi connectivity index (χ1v) is 12.9. The Balaban J connectivity index is 1.62. The highest BCUT2D eigenvalue weighted by atomic mass is 35.5. The number of amides is 2. The Hall–Kier alpha value is -3.31. The Bertz CT molecular complexity index is 1160. The standard InChI is InChI=1S/C30H33ClN2O3/c1-22-10-5-8-17-28(22)36-21-29(34)33(20-24-13-9-14-25(31)18-24)27(19-23-11-3-2-4-12-23)30(35)32-26-15-6-7-16-26/h2-5,8-14,17-18,26-27H,6-7,15-16,19-21H2,1H3,(H,32,35). The molecule has 2 amide bonds. The van der Waals surface area contributed by atoms with Crippen LogP contribution in [-0.2, 0) is 22.6 Å². The summed E-state index contributed by atoms with van der Waals surface area (Å²) in [6, 6.07) is 24.3. The number of hydrogen-bond acceptors (Lipinski definition) is 3. The molecule has 1 unspecified atom stereocenters. The second-order valence-electron chi connectivity index (χ2n) is 9.40. The van der Waals surface area contributed by atoms with Gasteiger partial charge < -0.3 is 15.0 Å². The zero-order valence-electron chi connectivity index (χ0n) is 20.7. The topological polar surface area (TPSA) is 58.6 Å². The molecule has 1 saturated carbocycles. The van der Waals surface area contributed by atoms with E-state index in [1.165, 1.54) is 0 Å². The highest BCUT2D eigenvalue weighted by Crippen LogP contribution is 2.22. The molecule has 0 radical (unpaired) electrons. The number of benzene rings is 3. The maximum Gasteiger partial charge on any atom is 0.261 e. The summed E-state index contributed by atoms with van der Waals surface area (Å²) in [5, 5.41) is 3.80. The summed E-state index contributed by atoms with van der Waals surface area (Å²) >= 11 is 6.24. The lowest BCUT2D eigenvalue weighted by atomic mass is 10.0. The van der Waals surface area contributed by atoms with E-state index in [2.05, 4.69) is 5.32 Å². The number of rotatable bonds is 10. The predicted octanol–water partition coefficient (Wildman–Crippen LogP) is 5.73. The van der Waals surface area contributed by atoms with Gasteiger partial charge in [-0.3, -0.25) is 9.59 Å². The Kier molecular flexibility index (Phi) is 9.01. The van der Waals surface area contributed by atoms with Crippen LogP contribution in [0.4, 0.5) is 0 Å². The summed E-state index contributed by atoms with van der Waals surface area (Å²) in [7, 11) is 0. The maximum absolute atomic E-state index is 13.7. The SMILES string of the molecule is Cc1ccccc1OCC(=O)N(Cc1cccc(Cl)c1)C(Cc1ccccc1)C(=O)NC1CCCC1. The predicted molar refractivity (Wildman–Crippen MR) is 143 cm³/mol. The Morgan fingerprint density at radius 2 is 1.67 bits per heavy atom. The quantitative estimate of drug-likeness (QED) is 0.384. The van der Waals surface area contributed by atoms with Crippen LogP contribution in [0.3, 0.4) is 0 Å². The van der Waals surface area contributed by atoms with E-state index in [0.717, 1.165) is 42.4 Å². The molecule has 1 atom stereocenters. The number of carbonyl (C=O) groups excluding carboxylic acids is 2. The fraction of sp³-hybridized carbons (Fsp3) is 0.333. The minimum absolute atomic E-state index is 0.128. The van der Waals surface area contributed by atoms with Crippen molar-refractivity contribution in [2.75, 3.05) is 6.61 Å². The lowest BCUT2D eigenvalue weighted by Crippen LogP contribution is -2.53. The molecule has 1 fully saturated rings. The molecular weight excluding hydrogens is 472 g/mol. The highest BCUT2D eigenvalue weighted by molar-refractivity contribution is 6.30. The third-order valence-corrected chi connectivity index (χ3v) is 6.89. The fourth-order valence-electron chi connectivity index (χ4n) is 4.69. The minimum Gasteiger partial charge on any atom is -0.484 e. The molecule has 0 spiro atoms. The van der Waals surface area contributed by atoms with Crippen molar-refractivity contribution in [1.29, 1.82) is 0 Å². The van der Waals surface area contributed by atoms with Crippen LogP contribution >= 0.6 is 11.6 Å². The summed E-state index contributed by atoms with van der Waals surface area (Å²) in [4.78, 5) is 29.0. The Labute approximate surface area is 218 Å². The molecule has 0 heterocycles. The molecule has 3 aromatic carbocycles. The second-order valence-corrected chi connectivity index (χ2v) is 9.84. The Morgan fingerprint density at radius 1 is 0.972 bits per heavy atom. The van der Waals surface area contributed by atoms with E-state index in [1.54, 1.807) is 11.0 Å². The van der Waals surface area contributed by atoms with Crippen LogP contribution in [0.25, 0.3) is 0 Å². The van der Waals surface area contributed by atoms with Crippen molar-refractivity contribution in [1.82, 2.24) is 10.2 Å². The third kappa shape index (κ3) is 7.11. The van der Waals surface area contributed by atoms with Gasteiger partial charge in [0.1, 0.15) is 11.8 Å². The highest BCUT2D eigenvalue weighted by Gasteiger charge is 2.32. The average Bonchev–Trinajstić information content (AvgIpc) is 3.39. The molecule has 0 bridgehead atoms. The van der Waals surface area contributed by atoms with Crippen LogP contribution in [-0.4, -0.2) is 35.4 Å². The van der Waals surface area contributed by atoms with E-state index in [4.69, 9.17) is 16.3 Å². The van der Waals surface area contributed by atoms with Gasteiger partial charge >= 0.3 is 0 Å². The number of aryl methyl sites for hydroxylation is 1. The van der Waals surface area contributed by atoms with Crippen LogP contribution in [0.5, 0.6) is 5.75 Å². The molecule has 3 aromatic rings. The van der Waals surface area contributed by atoms with Gasteiger partial charge in [0.25, 0.3) is 5.91 Å². The lowest BCUT2D eigenvalue weighted by molar-refractivity contribution is -0.143. The van der Waals surface area contributed by atoms with Gasteiger partial charge in [-0.05, 0) is 54.7 Å². The summed E-state index contributed by atoms with van der Waals surface area (Å²) in [6.07, 6.45) is 4.59. The number of nitrogens with one attached hydrogen (secondary N) is 1. The van der Waals surface area contributed by atoms with Crippen molar-refractivity contribution in [3.05, 3.63) is 101 Å². The first-order valence-electron chi connectivity index (χ1n) is 12.6. The van der Waals surface area contributed by atoms with E-state index in [-0.39, 0.29) is 31.0 Å². The molecule has 0 aliphatic heterocycles.